The van der Waals surface area contributed by atoms with Crippen LogP contribution in [0.1, 0.15) is 13.8 Å². The lowest BCUT2D eigenvalue weighted by molar-refractivity contribution is -0.153. The van der Waals surface area contributed by atoms with Crippen LogP contribution in [0.2, 0.25) is 0 Å². The van der Waals surface area contributed by atoms with Gasteiger partial charge in [0.2, 0.25) is 0 Å². The van der Waals surface area contributed by atoms with Crippen LogP contribution in [0.5, 0.6) is 0 Å². The first-order valence-corrected chi connectivity index (χ1v) is 3.54. The van der Waals surface area contributed by atoms with E-state index in [0.29, 0.717) is 0 Å². The lowest BCUT2D eigenvalue weighted by atomic mass is 9.83. The van der Waals surface area contributed by atoms with Gasteiger partial charge in [-0.05, 0) is 25.5 Å². The van der Waals surface area contributed by atoms with Crippen LogP contribution >= 0.6 is 0 Å². The highest BCUT2D eigenvalue weighted by atomic mass is 16.4. The molecule has 0 radical (unpaired) electrons. The average molecular weight is 170 g/mol. The number of rotatable bonds is 0. The zero-order valence-corrected chi connectivity index (χ0v) is 6.87. The third-order valence-corrected chi connectivity index (χ3v) is 2.02. The number of Topliss-reactive ketones (excluding diaryl/α,β-unsaturated/α-hetero) is 1. The normalized spacial score (nSPS) is 36.7. The molecule has 0 fully saturated rings. The Morgan fingerprint density at radius 2 is 2.00 bits per heavy atom. The standard InChI is InChI=1S/C8H10O4/c1-4-3-5(9)8(2,12)7(11)6(4)10/h3,7,11-12H,1-2H3/t7-,8+/m0/s1. The molecule has 1 rings (SSSR count). The molecule has 0 heterocycles. The number of ketones is 2. The fourth-order valence-electron chi connectivity index (χ4n) is 1.02. The van der Waals surface area contributed by atoms with Crippen molar-refractivity contribution in [2.24, 2.45) is 0 Å². The minimum Gasteiger partial charge on any atom is -0.381 e. The molecule has 4 nitrogen and oxygen atoms in total. The van der Waals surface area contributed by atoms with Crippen LogP contribution in [0.3, 0.4) is 0 Å². The molecule has 0 aromatic heterocycles. The number of hydrogen-bond donors (Lipinski definition) is 2. The molecule has 0 saturated carbocycles. The summed E-state index contributed by atoms with van der Waals surface area (Å²) in [7, 11) is 0. The summed E-state index contributed by atoms with van der Waals surface area (Å²) >= 11 is 0. The Kier molecular flexibility index (Phi) is 1.89. The van der Waals surface area contributed by atoms with Crippen molar-refractivity contribution in [3.63, 3.8) is 0 Å². The highest BCUT2D eigenvalue weighted by molar-refractivity contribution is 6.14. The molecule has 0 amide bonds. The maximum Gasteiger partial charge on any atom is 0.190 e. The van der Waals surface area contributed by atoms with Crippen LogP contribution in [-0.2, 0) is 9.59 Å². The quantitative estimate of drug-likeness (QED) is 0.499. The van der Waals surface area contributed by atoms with Crippen LogP contribution in [0.15, 0.2) is 11.6 Å². The maximum absolute atomic E-state index is 11.1. The molecule has 1 aliphatic rings. The largest absolute Gasteiger partial charge is 0.381 e. The van der Waals surface area contributed by atoms with Gasteiger partial charge in [-0.15, -0.1) is 0 Å². The van der Waals surface area contributed by atoms with Crippen molar-refractivity contribution < 1.29 is 19.8 Å². The summed E-state index contributed by atoms with van der Waals surface area (Å²) in [5.41, 5.74) is -1.78. The molecule has 0 bridgehead atoms. The van der Waals surface area contributed by atoms with Gasteiger partial charge in [0, 0.05) is 0 Å². The molecule has 1 aliphatic carbocycles. The summed E-state index contributed by atoms with van der Waals surface area (Å²) in [5.74, 6) is -1.23. The Bertz CT molecular complexity index is 275. The molecular weight excluding hydrogens is 160 g/mol. The van der Waals surface area contributed by atoms with E-state index in [-0.39, 0.29) is 5.57 Å². The summed E-state index contributed by atoms with van der Waals surface area (Å²) in [6.07, 6.45) is -0.579. The highest BCUT2D eigenvalue weighted by Crippen LogP contribution is 2.21. The van der Waals surface area contributed by atoms with Gasteiger partial charge in [0.25, 0.3) is 0 Å². The van der Waals surface area contributed by atoms with E-state index in [1.807, 2.05) is 0 Å². The van der Waals surface area contributed by atoms with Gasteiger partial charge in [-0.1, -0.05) is 0 Å². The molecule has 12 heavy (non-hydrogen) atoms. The van der Waals surface area contributed by atoms with Gasteiger partial charge in [0.15, 0.2) is 23.3 Å². The number of carbonyl (C=O) groups excluding carboxylic acids is 2. The molecule has 0 saturated heterocycles. The summed E-state index contributed by atoms with van der Waals surface area (Å²) in [4.78, 5) is 22.1. The summed E-state index contributed by atoms with van der Waals surface area (Å²) in [5, 5.41) is 18.5. The average Bonchev–Trinajstić information content (AvgIpc) is 1.99. The SMILES string of the molecule is CC1=CC(=O)[C@@](C)(O)[C@@H](O)C1=O. The van der Waals surface area contributed by atoms with Crippen molar-refractivity contribution in [1.29, 1.82) is 0 Å². The van der Waals surface area contributed by atoms with E-state index < -0.39 is 23.3 Å². The highest BCUT2D eigenvalue weighted by Gasteiger charge is 2.44. The van der Waals surface area contributed by atoms with Crippen LogP contribution < -0.4 is 0 Å². The zero-order chi connectivity index (χ0) is 9.52. The van der Waals surface area contributed by atoms with Crippen molar-refractivity contribution in [2.75, 3.05) is 0 Å². The molecule has 0 unspecified atom stereocenters. The van der Waals surface area contributed by atoms with Crippen molar-refractivity contribution in [2.45, 2.75) is 25.6 Å². The summed E-state index contributed by atoms with van der Waals surface area (Å²) in [6, 6.07) is 0. The number of aliphatic hydroxyl groups is 2. The van der Waals surface area contributed by atoms with E-state index in [1.54, 1.807) is 0 Å². The molecule has 2 N–H and O–H groups in total. The minimum absolute atomic E-state index is 0.180. The third kappa shape index (κ3) is 1.09. The number of carbonyl (C=O) groups is 2. The van der Waals surface area contributed by atoms with Gasteiger partial charge in [0.1, 0.15) is 0 Å². The number of hydrogen-bond acceptors (Lipinski definition) is 4. The second kappa shape index (κ2) is 2.50. The second-order valence-electron chi connectivity index (χ2n) is 3.11. The first-order valence-electron chi connectivity index (χ1n) is 3.54. The third-order valence-electron chi connectivity index (χ3n) is 2.02. The van der Waals surface area contributed by atoms with Gasteiger partial charge in [0.05, 0.1) is 0 Å². The molecule has 4 heteroatoms. The van der Waals surface area contributed by atoms with Gasteiger partial charge in [-0.3, -0.25) is 9.59 Å². The summed E-state index contributed by atoms with van der Waals surface area (Å²) in [6.45, 7) is 2.56. The first kappa shape index (κ1) is 9.09. The fraction of sp³-hybridized carbons (Fsp3) is 0.500. The molecule has 0 spiro atoms. The van der Waals surface area contributed by atoms with Crippen molar-refractivity contribution >= 4 is 11.6 Å². The van der Waals surface area contributed by atoms with E-state index in [4.69, 9.17) is 0 Å². The summed E-state index contributed by atoms with van der Waals surface area (Å²) < 4.78 is 0. The van der Waals surface area contributed by atoms with Gasteiger partial charge in [-0.2, -0.15) is 0 Å². The lowest BCUT2D eigenvalue weighted by Gasteiger charge is -2.29. The van der Waals surface area contributed by atoms with Crippen LogP contribution in [0, 0.1) is 0 Å². The van der Waals surface area contributed by atoms with Crippen LogP contribution in [0.25, 0.3) is 0 Å². The van der Waals surface area contributed by atoms with E-state index in [2.05, 4.69) is 0 Å². The lowest BCUT2D eigenvalue weighted by Crippen LogP contribution is -2.53. The monoisotopic (exact) mass is 170 g/mol. The molecule has 0 aliphatic heterocycles. The molecule has 2 atom stereocenters. The first-order chi connectivity index (χ1) is 5.37. The minimum atomic E-state index is -1.96. The Morgan fingerprint density at radius 3 is 2.50 bits per heavy atom. The van der Waals surface area contributed by atoms with Gasteiger partial charge < -0.3 is 10.2 Å². The predicted molar refractivity (Wildman–Crippen MR) is 40.4 cm³/mol. The van der Waals surface area contributed by atoms with Crippen LogP contribution in [0.4, 0.5) is 0 Å². The fourth-order valence-corrected chi connectivity index (χ4v) is 1.02. The Hall–Kier alpha value is -1.00. The molecule has 0 aromatic carbocycles. The van der Waals surface area contributed by atoms with Crippen molar-refractivity contribution in [1.82, 2.24) is 0 Å². The Morgan fingerprint density at radius 1 is 1.50 bits per heavy atom. The Labute approximate surface area is 69.5 Å². The van der Waals surface area contributed by atoms with E-state index in [0.717, 1.165) is 13.0 Å². The van der Waals surface area contributed by atoms with E-state index in [9.17, 15) is 19.8 Å². The molecular formula is C8H10O4. The Balaban J connectivity index is 3.17. The van der Waals surface area contributed by atoms with E-state index in [1.165, 1.54) is 6.92 Å². The molecule has 66 valence electrons. The topological polar surface area (TPSA) is 74.6 Å². The van der Waals surface area contributed by atoms with E-state index >= 15 is 0 Å². The maximum atomic E-state index is 11.1. The van der Waals surface area contributed by atoms with Crippen molar-refractivity contribution in [3.05, 3.63) is 11.6 Å². The zero-order valence-electron chi connectivity index (χ0n) is 6.87. The number of aliphatic hydroxyl groups excluding tert-OH is 1. The van der Waals surface area contributed by atoms with Gasteiger partial charge >= 0.3 is 0 Å². The predicted octanol–water partition coefficient (Wildman–Crippen LogP) is -0.804. The van der Waals surface area contributed by atoms with Gasteiger partial charge in [-0.25, -0.2) is 0 Å². The van der Waals surface area contributed by atoms with Crippen LogP contribution in [-0.4, -0.2) is 33.5 Å². The smallest absolute Gasteiger partial charge is 0.190 e. The molecule has 0 aromatic rings. The second-order valence-corrected chi connectivity index (χ2v) is 3.11. The van der Waals surface area contributed by atoms with Crippen molar-refractivity contribution in [3.8, 4) is 0 Å².